The van der Waals surface area contributed by atoms with Crippen molar-refractivity contribution in [3.05, 3.63) is 99.4 Å². The second kappa shape index (κ2) is 11.3. The fourth-order valence-electron chi connectivity index (χ4n) is 5.47. The molecule has 2 fully saturated rings. The van der Waals surface area contributed by atoms with Gasteiger partial charge in [0.1, 0.15) is 5.65 Å². The minimum atomic E-state index is -2.75. The average Bonchev–Trinajstić information content (AvgIpc) is 3.70. The number of morpholine rings is 1. The maximum absolute atomic E-state index is 13.8. The largest absolute Gasteiger partial charge is 0.371 e. The average molecular weight is 613 g/mol. The standard InChI is InChI=1S/C32H32N6O3S2/c1-37-13-14-41-28(20-37)23-8-10-25(11-9-23)35-31-34-18-24-17-27(22-6-7-22)30(39)38(29(24)36-31)19-21-4-3-5-26(16-21)43(2,40)32-33-12-15-42-32/h3-5,8-12,15-18,22,28H,2,6-7,13-14,19-20H2,1H3,(H,34,35,36). The van der Waals surface area contributed by atoms with E-state index in [0.29, 0.717) is 20.8 Å². The van der Waals surface area contributed by atoms with Crippen molar-refractivity contribution in [2.24, 2.45) is 0 Å². The number of hydrogen-bond donors (Lipinski definition) is 1. The van der Waals surface area contributed by atoms with Crippen LogP contribution in [0.1, 0.15) is 41.6 Å². The summed E-state index contributed by atoms with van der Waals surface area (Å²) in [5.74, 6) is 4.67. The van der Waals surface area contributed by atoms with Crippen molar-refractivity contribution in [1.29, 1.82) is 0 Å². The molecule has 2 aliphatic rings. The van der Waals surface area contributed by atoms with Gasteiger partial charge in [-0.2, -0.15) is 4.98 Å². The molecule has 1 N–H and O–H groups in total. The molecule has 1 saturated carbocycles. The minimum Gasteiger partial charge on any atom is -0.371 e. The predicted octanol–water partition coefficient (Wildman–Crippen LogP) is 5.05. The van der Waals surface area contributed by atoms with Crippen LogP contribution in [0.4, 0.5) is 11.6 Å². The SMILES string of the molecule is C=S(=O)(c1cccc(Cn2c(=O)c(C3CC3)cc3cnc(Nc4ccc(C5CN(C)CCO5)cc4)nc32)c1)c1nccs1. The zero-order valence-corrected chi connectivity index (χ0v) is 25.4. The van der Waals surface area contributed by atoms with E-state index in [4.69, 9.17) is 9.72 Å². The van der Waals surface area contributed by atoms with Gasteiger partial charge in [-0.1, -0.05) is 24.3 Å². The Morgan fingerprint density at radius 1 is 1.14 bits per heavy atom. The van der Waals surface area contributed by atoms with E-state index in [0.717, 1.165) is 60.3 Å². The third kappa shape index (κ3) is 5.73. The maximum Gasteiger partial charge on any atom is 0.255 e. The molecule has 11 heteroatoms. The highest BCUT2D eigenvalue weighted by molar-refractivity contribution is 8.01. The first-order valence-electron chi connectivity index (χ1n) is 14.3. The Kier molecular flexibility index (Phi) is 7.34. The first-order chi connectivity index (χ1) is 20.8. The lowest BCUT2D eigenvalue weighted by atomic mass is 10.1. The van der Waals surface area contributed by atoms with Gasteiger partial charge in [0.2, 0.25) is 5.95 Å². The summed E-state index contributed by atoms with van der Waals surface area (Å²) >= 11 is 1.32. The summed E-state index contributed by atoms with van der Waals surface area (Å²) in [4.78, 5) is 30.3. The predicted molar refractivity (Wildman–Crippen MR) is 171 cm³/mol. The molecule has 5 aromatic rings. The molecule has 0 bridgehead atoms. The second-order valence-corrected chi connectivity index (χ2v) is 14.6. The molecule has 4 heterocycles. The summed E-state index contributed by atoms with van der Waals surface area (Å²) in [6.07, 6.45) is 5.47. The van der Waals surface area contributed by atoms with E-state index in [-0.39, 0.29) is 24.1 Å². The summed E-state index contributed by atoms with van der Waals surface area (Å²) in [6.45, 7) is 2.80. The van der Waals surface area contributed by atoms with Crippen LogP contribution in [0.15, 0.2) is 86.4 Å². The van der Waals surface area contributed by atoms with Crippen molar-refractivity contribution in [3.8, 4) is 0 Å². The highest BCUT2D eigenvalue weighted by Gasteiger charge is 2.28. The van der Waals surface area contributed by atoms with E-state index in [1.807, 2.05) is 36.4 Å². The molecule has 0 amide bonds. The van der Waals surface area contributed by atoms with Crippen LogP contribution in [0.2, 0.25) is 0 Å². The van der Waals surface area contributed by atoms with Gasteiger partial charge < -0.3 is 15.0 Å². The van der Waals surface area contributed by atoms with E-state index >= 15 is 0 Å². The fourth-order valence-corrected chi connectivity index (χ4v) is 7.98. The Bertz CT molecular complexity index is 1950. The Balaban J connectivity index is 1.21. The highest BCUT2D eigenvalue weighted by atomic mass is 32.2. The molecular weight excluding hydrogens is 581 g/mol. The van der Waals surface area contributed by atoms with Gasteiger partial charge in [-0.15, -0.1) is 11.3 Å². The van der Waals surface area contributed by atoms with Crippen LogP contribution in [0.3, 0.4) is 0 Å². The molecule has 2 unspecified atom stereocenters. The van der Waals surface area contributed by atoms with Gasteiger partial charge in [0, 0.05) is 52.4 Å². The van der Waals surface area contributed by atoms with Gasteiger partial charge in [-0.3, -0.25) is 13.6 Å². The number of aromatic nitrogens is 4. The Hall–Kier alpha value is -3.90. The Morgan fingerprint density at radius 2 is 1.98 bits per heavy atom. The number of rotatable bonds is 8. The van der Waals surface area contributed by atoms with E-state index < -0.39 is 9.52 Å². The number of anilines is 2. The van der Waals surface area contributed by atoms with Crippen LogP contribution in [-0.2, 0) is 20.8 Å². The van der Waals surface area contributed by atoms with Gasteiger partial charge >= 0.3 is 0 Å². The molecule has 2 aromatic carbocycles. The quantitative estimate of drug-likeness (QED) is 0.243. The van der Waals surface area contributed by atoms with Crippen LogP contribution in [0.5, 0.6) is 0 Å². The number of pyridine rings is 1. The number of thiazole rings is 1. The van der Waals surface area contributed by atoms with Gasteiger partial charge in [0.05, 0.1) is 28.8 Å². The molecule has 1 aliphatic heterocycles. The summed E-state index contributed by atoms with van der Waals surface area (Å²) in [7, 11) is -0.650. The number of ether oxygens (including phenoxy) is 1. The lowest BCUT2D eigenvalue weighted by Gasteiger charge is -2.30. The van der Waals surface area contributed by atoms with E-state index in [2.05, 4.69) is 45.2 Å². The molecular formula is C32H32N6O3S2. The summed E-state index contributed by atoms with van der Waals surface area (Å²) in [5.41, 5.74) is 4.09. The summed E-state index contributed by atoms with van der Waals surface area (Å²) in [6, 6.07) is 17.5. The van der Waals surface area contributed by atoms with Gasteiger partial charge in [-0.05, 0) is 73.1 Å². The molecule has 9 nitrogen and oxygen atoms in total. The zero-order chi connectivity index (χ0) is 29.6. The molecule has 7 rings (SSSR count). The van der Waals surface area contributed by atoms with Crippen molar-refractivity contribution >= 4 is 49.4 Å². The normalized spacial score (nSPS) is 18.9. The Labute approximate surface area is 254 Å². The lowest BCUT2D eigenvalue weighted by molar-refractivity contribution is -0.0208. The number of benzene rings is 2. The van der Waals surface area contributed by atoms with Gasteiger partial charge in [0.25, 0.3) is 5.56 Å². The Morgan fingerprint density at radius 3 is 2.72 bits per heavy atom. The molecule has 3 aromatic heterocycles. The van der Waals surface area contributed by atoms with Crippen LogP contribution in [-0.4, -0.2) is 61.2 Å². The third-order valence-electron chi connectivity index (χ3n) is 7.99. The van der Waals surface area contributed by atoms with Gasteiger partial charge in [-0.25, -0.2) is 9.97 Å². The number of nitrogens with zero attached hydrogens (tertiary/aromatic N) is 5. The fraction of sp³-hybridized carbons (Fsp3) is 0.281. The van der Waals surface area contributed by atoms with Crippen molar-refractivity contribution in [2.75, 3.05) is 32.1 Å². The van der Waals surface area contributed by atoms with Crippen molar-refractivity contribution < 1.29 is 8.95 Å². The van der Waals surface area contributed by atoms with E-state index in [9.17, 15) is 9.00 Å². The number of nitrogens with one attached hydrogen (secondary N) is 1. The van der Waals surface area contributed by atoms with Crippen molar-refractivity contribution in [1.82, 2.24) is 24.4 Å². The van der Waals surface area contributed by atoms with Crippen molar-refractivity contribution in [2.45, 2.75) is 40.6 Å². The van der Waals surface area contributed by atoms with Gasteiger partial charge in [0.15, 0.2) is 4.34 Å². The van der Waals surface area contributed by atoms with Crippen LogP contribution in [0, 0.1) is 0 Å². The molecule has 1 aliphatic carbocycles. The second-order valence-electron chi connectivity index (χ2n) is 11.2. The molecule has 1 saturated heterocycles. The smallest absolute Gasteiger partial charge is 0.255 e. The van der Waals surface area contributed by atoms with Crippen LogP contribution in [0.25, 0.3) is 11.0 Å². The number of hydrogen-bond acceptors (Lipinski definition) is 9. The van der Waals surface area contributed by atoms with Crippen LogP contribution < -0.4 is 10.9 Å². The minimum absolute atomic E-state index is 0.0525. The third-order valence-corrected chi connectivity index (χ3v) is 11.3. The first-order valence-corrected chi connectivity index (χ1v) is 16.9. The molecule has 0 radical (unpaired) electrons. The van der Waals surface area contributed by atoms with E-state index in [1.165, 1.54) is 11.3 Å². The topological polar surface area (TPSA) is 102 Å². The molecule has 220 valence electrons. The molecule has 43 heavy (non-hydrogen) atoms. The van der Waals surface area contributed by atoms with Crippen LogP contribution >= 0.6 is 11.3 Å². The monoisotopic (exact) mass is 612 g/mol. The lowest BCUT2D eigenvalue weighted by Crippen LogP contribution is -2.35. The maximum atomic E-state index is 13.8. The highest BCUT2D eigenvalue weighted by Crippen LogP contribution is 2.39. The zero-order valence-electron chi connectivity index (χ0n) is 23.8. The summed E-state index contributed by atoms with van der Waals surface area (Å²) < 4.78 is 21.7. The number of likely N-dealkylation sites (N-methyl/N-ethyl adjacent to an activating group) is 1. The molecule has 2 atom stereocenters. The first kappa shape index (κ1) is 27.9. The summed E-state index contributed by atoms with van der Waals surface area (Å²) in [5, 5.41) is 5.90. The van der Waals surface area contributed by atoms with Crippen molar-refractivity contribution in [3.63, 3.8) is 0 Å². The van der Waals surface area contributed by atoms with E-state index in [1.54, 1.807) is 28.4 Å². The molecule has 0 spiro atoms. The number of fused-ring (bicyclic) bond motifs is 1.